The van der Waals surface area contributed by atoms with Crippen LogP contribution in [0.5, 0.6) is 0 Å². The van der Waals surface area contributed by atoms with Gasteiger partial charge in [-0.3, -0.25) is 4.57 Å². The number of aromatic nitrogens is 5. The topological polar surface area (TPSA) is 40.6 Å². The zero-order chi connectivity index (χ0) is 37.5. The second-order valence-corrected chi connectivity index (χ2v) is 14.6. The van der Waals surface area contributed by atoms with Gasteiger partial charge in [0.25, 0.3) is 0 Å². The van der Waals surface area contributed by atoms with Crippen molar-refractivity contribution < 1.29 is 0 Å². The maximum absolute atomic E-state index is 5.41. The van der Waals surface area contributed by atoms with Crippen molar-refractivity contribution in [3.63, 3.8) is 0 Å². The minimum Gasteiger partial charge on any atom is -0.309 e. The number of rotatable bonds is 5. The third-order valence-corrected chi connectivity index (χ3v) is 11.4. The van der Waals surface area contributed by atoms with E-state index in [1.807, 2.05) is 12.1 Å². The molecule has 4 heterocycles. The molecule has 0 fully saturated rings. The van der Waals surface area contributed by atoms with Gasteiger partial charge < -0.3 is 9.13 Å². The lowest BCUT2D eigenvalue weighted by molar-refractivity contribution is 0.988. The first-order valence-electron chi connectivity index (χ1n) is 19.3. The zero-order valence-electron chi connectivity index (χ0n) is 30.8. The summed E-state index contributed by atoms with van der Waals surface area (Å²) >= 11 is 0. The van der Waals surface area contributed by atoms with Crippen LogP contribution in [0.15, 0.2) is 200 Å². The number of hydrogen-bond donors (Lipinski definition) is 0. The van der Waals surface area contributed by atoms with Crippen LogP contribution in [-0.4, -0.2) is 23.7 Å². The van der Waals surface area contributed by atoms with E-state index < -0.39 is 0 Å². The van der Waals surface area contributed by atoms with Gasteiger partial charge in [-0.15, -0.1) is 0 Å². The first-order valence-corrected chi connectivity index (χ1v) is 19.3. The van der Waals surface area contributed by atoms with Crippen LogP contribution >= 0.6 is 0 Å². The molecule has 0 atom stereocenters. The average molecular weight is 728 g/mol. The van der Waals surface area contributed by atoms with Crippen LogP contribution in [0.3, 0.4) is 0 Å². The van der Waals surface area contributed by atoms with Crippen molar-refractivity contribution in [2.75, 3.05) is 0 Å². The summed E-state index contributed by atoms with van der Waals surface area (Å²) < 4.78 is 7.16. The summed E-state index contributed by atoms with van der Waals surface area (Å²) in [6.45, 7) is 0. The predicted octanol–water partition coefficient (Wildman–Crippen LogP) is 13.1. The highest BCUT2D eigenvalue weighted by Gasteiger charge is 2.24. The molecule has 0 N–H and O–H groups in total. The van der Waals surface area contributed by atoms with Crippen molar-refractivity contribution >= 4 is 65.4 Å². The second-order valence-electron chi connectivity index (χ2n) is 14.6. The number of benzene rings is 8. The Bertz CT molecular complexity index is 3350. The summed E-state index contributed by atoms with van der Waals surface area (Å²) in [6.07, 6.45) is 0. The van der Waals surface area contributed by atoms with Crippen LogP contribution in [-0.2, 0) is 0 Å². The lowest BCUT2D eigenvalue weighted by Crippen LogP contribution is -2.07. The van der Waals surface area contributed by atoms with Gasteiger partial charge in [0, 0.05) is 49.1 Å². The van der Waals surface area contributed by atoms with E-state index in [-0.39, 0.29) is 0 Å². The summed E-state index contributed by atoms with van der Waals surface area (Å²) in [6, 6.07) is 71.3. The first kappa shape index (κ1) is 31.6. The lowest BCUT2D eigenvalue weighted by atomic mass is 10.1. The van der Waals surface area contributed by atoms with E-state index in [9.17, 15) is 0 Å². The molecular weight excluding hydrogens is 695 g/mol. The number of nitrogens with zero attached hydrogens (tertiary/aromatic N) is 5. The van der Waals surface area contributed by atoms with Gasteiger partial charge in [-0.05, 0) is 48.5 Å². The Balaban J connectivity index is 1.28. The summed E-state index contributed by atoms with van der Waals surface area (Å²) in [5.41, 5.74) is 12.6. The van der Waals surface area contributed by atoms with Gasteiger partial charge in [-0.1, -0.05) is 152 Å². The zero-order valence-corrected chi connectivity index (χ0v) is 30.8. The highest BCUT2D eigenvalue weighted by Crippen LogP contribution is 2.42. The second kappa shape index (κ2) is 12.4. The van der Waals surface area contributed by atoms with Crippen molar-refractivity contribution in [3.05, 3.63) is 200 Å². The molecule has 0 saturated carbocycles. The molecule has 0 unspecified atom stereocenters. The Morgan fingerprint density at radius 1 is 0.298 bits per heavy atom. The van der Waals surface area contributed by atoms with Gasteiger partial charge in [0.2, 0.25) is 5.95 Å². The Morgan fingerprint density at radius 2 is 0.667 bits per heavy atom. The van der Waals surface area contributed by atoms with E-state index in [1.54, 1.807) is 0 Å². The third-order valence-electron chi connectivity index (χ3n) is 11.4. The smallest absolute Gasteiger partial charge is 0.235 e. The first-order chi connectivity index (χ1) is 28.3. The van der Waals surface area contributed by atoms with E-state index in [1.165, 1.54) is 32.6 Å². The van der Waals surface area contributed by atoms with Gasteiger partial charge in [0.1, 0.15) is 0 Å². The Kier molecular flexibility index (Phi) is 6.86. The highest BCUT2D eigenvalue weighted by atomic mass is 15.2. The molecule has 0 spiro atoms. The number of fused-ring (bicyclic) bond motifs is 9. The standard InChI is InChI=1S/C52H33N5/c1-3-17-34(18-4-1)43-33-44(35-19-5-2-6-20-35)54-52(53-43)57-49-30-16-11-25-41(49)42-31-36(55-45-26-12-7-21-37(45)38-22-8-13-27-46(38)55)32-50(51(42)57)56-47-28-14-9-23-39(47)40-24-10-15-29-48(40)56/h1-33H. The van der Waals surface area contributed by atoms with Crippen LogP contribution < -0.4 is 0 Å². The number of para-hydroxylation sites is 5. The van der Waals surface area contributed by atoms with Crippen LogP contribution in [0.2, 0.25) is 0 Å². The fourth-order valence-corrected chi connectivity index (χ4v) is 9.00. The Morgan fingerprint density at radius 3 is 1.12 bits per heavy atom. The van der Waals surface area contributed by atoms with Crippen LogP contribution in [0.1, 0.15) is 0 Å². The minimum absolute atomic E-state index is 0.619. The molecule has 0 saturated heterocycles. The molecule has 5 heteroatoms. The number of hydrogen-bond acceptors (Lipinski definition) is 2. The Hall–Kier alpha value is -7.76. The maximum atomic E-state index is 5.41. The van der Waals surface area contributed by atoms with E-state index >= 15 is 0 Å². The molecule has 12 aromatic rings. The maximum Gasteiger partial charge on any atom is 0.235 e. The van der Waals surface area contributed by atoms with E-state index in [0.717, 1.165) is 66.7 Å². The molecule has 0 amide bonds. The molecule has 5 nitrogen and oxygen atoms in total. The van der Waals surface area contributed by atoms with E-state index in [4.69, 9.17) is 9.97 Å². The van der Waals surface area contributed by atoms with Crippen molar-refractivity contribution in [2.24, 2.45) is 0 Å². The molecular formula is C52H33N5. The molecule has 0 bridgehead atoms. The van der Waals surface area contributed by atoms with Crippen LogP contribution in [0.4, 0.5) is 0 Å². The van der Waals surface area contributed by atoms with Crippen molar-refractivity contribution in [1.82, 2.24) is 23.7 Å². The quantitative estimate of drug-likeness (QED) is 0.177. The summed E-state index contributed by atoms with van der Waals surface area (Å²) in [5.74, 6) is 0.619. The van der Waals surface area contributed by atoms with Crippen molar-refractivity contribution in [1.29, 1.82) is 0 Å². The SMILES string of the molecule is c1ccc(-c2cc(-c3ccccc3)nc(-n3c4ccccc4c4cc(-n5c6ccccc6c6ccccc65)cc(-n5c6ccccc6c6ccccc65)c43)n2)cc1. The van der Waals surface area contributed by atoms with E-state index in [2.05, 4.69) is 202 Å². The van der Waals surface area contributed by atoms with Gasteiger partial charge in [0.05, 0.1) is 50.2 Å². The lowest BCUT2D eigenvalue weighted by Gasteiger charge is -2.17. The van der Waals surface area contributed by atoms with Crippen molar-refractivity contribution in [3.8, 4) is 39.8 Å². The Labute approximate surface area is 328 Å². The molecule has 57 heavy (non-hydrogen) atoms. The van der Waals surface area contributed by atoms with Gasteiger partial charge in [-0.25, -0.2) is 9.97 Å². The van der Waals surface area contributed by atoms with Gasteiger partial charge in [0.15, 0.2) is 0 Å². The van der Waals surface area contributed by atoms with Crippen molar-refractivity contribution in [2.45, 2.75) is 0 Å². The molecule has 4 aromatic heterocycles. The third kappa shape index (κ3) is 4.76. The molecule has 0 aliphatic heterocycles. The van der Waals surface area contributed by atoms with Crippen LogP contribution in [0, 0.1) is 0 Å². The van der Waals surface area contributed by atoms with Crippen LogP contribution in [0.25, 0.3) is 105 Å². The fraction of sp³-hybridized carbons (Fsp3) is 0. The molecule has 8 aromatic carbocycles. The minimum atomic E-state index is 0.619. The van der Waals surface area contributed by atoms with Gasteiger partial charge in [-0.2, -0.15) is 0 Å². The van der Waals surface area contributed by atoms with E-state index in [0.29, 0.717) is 5.95 Å². The normalized spacial score (nSPS) is 11.9. The molecule has 12 rings (SSSR count). The molecule has 266 valence electrons. The largest absolute Gasteiger partial charge is 0.309 e. The predicted molar refractivity (Wildman–Crippen MR) is 236 cm³/mol. The molecule has 0 radical (unpaired) electrons. The van der Waals surface area contributed by atoms with Gasteiger partial charge >= 0.3 is 0 Å². The monoisotopic (exact) mass is 727 g/mol. The molecule has 0 aliphatic rings. The summed E-state index contributed by atoms with van der Waals surface area (Å²) in [7, 11) is 0. The summed E-state index contributed by atoms with van der Waals surface area (Å²) in [4.78, 5) is 10.8. The molecule has 0 aliphatic carbocycles. The summed E-state index contributed by atoms with van der Waals surface area (Å²) in [5, 5.41) is 7.13. The highest BCUT2D eigenvalue weighted by molar-refractivity contribution is 6.16. The average Bonchev–Trinajstić information content (AvgIpc) is 3.93. The fourth-order valence-electron chi connectivity index (χ4n) is 9.00.